The maximum absolute atomic E-state index is 12.8. The molecule has 2 amide bonds. The average molecular weight is 350 g/mol. The summed E-state index contributed by atoms with van der Waals surface area (Å²) in [6, 6.07) is 16.1. The van der Waals surface area contributed by atoms with Crippen molar-refractivity contribution >= 4 is 11.8 Å². The van der Waals surface area contributed by atoms with Crippen LogP contribution >= 0.6 is 0 Å². The van der Waals surface area contributed by atoms with Gasteiger partial charge in [0.2, 0.25) is 5.91 Å². The number of amides is 2. The van der Waals surface area contributed by atoms with Gasteiger partial charge in [0, 0.05) is 25.2 Å². The minimum Gasteiger partial charge on any atom is -0.378 e. The largest absolute Gasteiger partial charge is 0.378 e. The van der Waals surface area contributed by atoms with Crippen LogP contribution in [0.3, 0.4) is 0 Å². The van der Waals surface area contributed by atoms with E-state index in [4.69, 9.17) is 4.74 Å². The second-order valence-electron chi connectivity index (χ2n) is 6.71. The van der Waals surface area contributed by atoms with Gasteiger partial charge in [-0.1, -0.05) is 42.5 Å². The van der Waals surface area contributed by atoms with Crippen molar-refractivity contribution in [3.05, 3.63) is 59.7 Å². The van der Waals surface area contributed by atoms with Crippen LogP contribution in [0.4, 0.5) is 0 Å². The van der Waals surface area contributed by atoms with E-state index in [2.05, 4.69) is 18.2 Å². The number of hydrogen-bond donors (Lipinski definition) is 0. The Bertz CT molecular complexity index is 813. The Hall–Kier alpha value is -2.66. The van der Waals surface area contributed by atoms with Crippen molar-refractivity contribution in [2.45, 2.75) is 6.42 Å². The topological polar surface area (TPSA) is 49.9 Å². The molecule has 134 valence electrons. The number of nitrogens with zero attached hydrogens (tertiary/aromatic N) is 2. The molecule has 0 saturated carbocycles. The van der Waals surface area contributed by atoms with Gasteiger partial charge < -0.3 is 14.5 Å². The molecule has 0 spiro atoms. The van der Waals surface area contributed by atoms with Crippen molar-refractivity contribution in [3.8, 4) is 11.1 Å². The standard InChI is InChI=1S/C21H22N2O3/c24-20(22-10-12-26-13-11-22)15-23-9-8-18-14-17(6-7-19(18)21(23)25)16-4-2-1-3-5-16/h1-7,14H,8-13,15H2. The van der Waals surface area contributed by atoms with Gasteiger partial charge in [0.05, 0.1) is 13.2 Å². The zero-order valence-electron chi connectivity index (χ0n) is 14.7. The van der Waals surface area contributed by atoms with Gasteiger partial charge in [-0.3, -0.25) is 9.59 Å². The molecule has 2 aliphatic rings. The predicted molar refractivity (Wildman–Crippen MR) is 98.9 cm³/mol. The number of morpholine rings is 1. The van der Waals surface area contributed by atoms with Gasteiger partial charge in [0.15, 0.2) is 0 Å². The predicted octanol–water partition coefficient (Wildman–Crippen LogP) is 2.21. The summed E-state index contributed by atoms with van der Waals surface area (Å²) >= 11 is 0. The molecular weight excluding hydrogens is 328 g/mol. The summed E-state index contributed by atoms with van der Waals surface area (Å²) in [6.45, 7) is 3.10. The zero-order valence-corrected chi connectivity index (χ0v) is 14.7. The van der Waals surface area contributed by atoms with Crippen molar-refractivity contribution < 1.29 is 14.3 Å². The molecule has 0 unspecified atom stereocenters. The molecule has 1 fully saturated rings. The third-order valence-corrected chi connectivity index (χ3v) is 5.07. The van der Waals surface area contributed by atoms with Gasteiger partial charge in [0.25, 0.3) is 5.91 Å². The third kappa shape index (κ3) is 3.35. The monoisotopic (exact) mass is 350 g/mol. The van der Waals surface area contributed by atoms with E-state index in [1.165, 1.54) is 0 Å². The maximum atomic E-state index is 12.8. The highest BCUT2D eigenvalue weighted by Crippen LogP contribution is 2.26. The van der Waals surface area contributed by atoms with Crippen LogP contribution in [0, 0.1) is 0 Å². The molecule has 0 atom stereocenters. The molecule has 0 aromatic heterocycles. The van der Waals surface area contributed by atoms with Crippen LogP contribution in [0.25, 0.3) is 11.1 Å². The molecule has 0 bridgehead atoms. The van der Waals surface area contributed by atoms with E-state index in [0.717, 1.165) is 23.1 Å². The summed E-state index contributed by atoms with van der Waals surface area (Å²) in [6.07, 6.45) is 0.776. The molecule has 2 aromatic carbocycles. The second-order valence-corrected chi connectivity index (χ2v) is 6.71. The number of carbonyl (C=O) groups is 2. The summed E-state index contributed by atoms with van der Waals surface area (Å²) in [5, 5.41) is 0. The van der Waals surface area contributed by atoms with E-state index >= 15 is 0 Å². The number of fused-ring (bicyclic) bond motifs is 1. The molecule has 5 heteroatoms. The highest BCUT2D eigenvalue weighted by molar-refractivity contribution is 5.99. The van der Waals surface area contributed by atoms with Crippen LogP contribution in [-0.4, -0.2) is 61.0 Å². The first kappa shape index (κ1) is 16.8. The number of carbonyl (C=O) groups excluding carboxylic acids is 2. The summed E-state index contributed by atoms with van der Waals surface area (Å²) < 4.78 is 5.28. The third-order valence-electron chi connectivity index (χ3n) is 5.07. The molecule has 2 heterocycles. The van der Waals surface area contributed by atoms with Gasteiger partial charge >= 0.3 is 0 Å². The number of hydrogen-bond acceptors (Lipinski definition) is 3. The fourth-order valence-electron chi connectivity index (χ4n) is 3.57. The molecule has 2 aromatic rings. The van der Waals surface area contributed by atoms with Crippen LogP contribution in [0.2, 0.25) is 0 Å². The van der Waals surface area contributed by atoms with Crippen molar-refractivity contribution in [1.29, 1.82) is 0 Å². The lowest BCUT2D eigenvalue weighted by molar-refractivity contribution is -0.136. The lowest BCUT2D eigenvalue weighted by Gasteiger charge is -2.32. The Balaban J connectivity index is 1.49. The normalized spacial score (nSPS) is 17.2. The van der Waals surface area contributed by atoms with Gasteiger partial charge in [-0.05, 0) is 29.2 Å². The molecule has 0 aliphatic carbocycles. The summed E-state index contributed by atoms with van der Waals surface area (Å²) in [7, 11) is 0. The van der Waals surface area contributed by atoms with Gasteiger partial charge in [0.1, 0.15) is 6.54 Å². The fraction of sp³-hybridized carbons (Fsp3) is 0.333. The molecule has 5 nitrogen and oxygen atoms in total. The summed E-state index contributed by atoms with van der Waals surface area (Å²) in [5.74, 6) is -0.0431. The van der Waals surface area contributed by atoms with Crippen LogP contribution < -0.4 is 0 Å². The van der Waals surface area contributed by atoms with Crippen molar-refractivity contribution in [2.24, 2.45) is 0 Å². The molecular formula is C21H22N2O3. The smallest absolute Gasteiger partial charge is 0.254 e. The first-order chi connectivity index (χ1) is 12.7. The van der Waals surface area contributed by atoms with Crippen LogP contribution in [0.15, 0.2) is 48.5 Å². The molecule has 0 radical (unpaired) electrons. The van der Waals surface area contributed by atoms with E-state index in [9.17, 15) is 9.59 Å². The minimum absolute atomic E-state index is 0.00556. The van der Waals surface area contributed by atoms with Gasteiger partial charge in [-0.25, -0.2) is 0 Å². The van der Waals surface area contributed by atoms with E-state index in [0.29, 0.717) is 38.4 Å². The molecule has 4 rings (SSSR count). The number of benzene rings is 2. The van der Waals surface area contributed by atoms with Crippen LogP contribution in [0.1, 0.15) is 15.9 Å². The van der Waals surface area contributed by atoms with Crippen molar-refractivity contribution in [3.63, 3.8) is 0 Å². The van der Waals surface area contributed by atoms with Crippen LogP contribution in [-0.2, 0) is 16.0 Å². The first-order valence-electron chi connectivity index (χ1n) is 9.05. The Kier molecular flexibility index (Phi) is 4.71. The minimum atomic E-state index is -0.0486. The highest BCUT2D eigenvalue weighted by Gasteiger charge is 2.28. The van der Waals surface area contributed by atoms with E-state index in [1.807, 2.05) is 30.3 Å². The van der Waals surface area contributed by atoms with Crippen LogP contribution in [0.5, 0.6) is 0 Å². The lowest BCUT2D eigenvalue weighted by atomic mass is 9.94. The van der Waals surface area contributed by atoms with Crippen molar-refractivity contribution in [1.82, 2.24) is 9.80 Å². The Morgan fingerprint density at radius 1 is 0.962 bits per heavy atom. The fourth-order valence-corrected chi connectivity index (χ4v) is 3.57. The Morgan fingerprint density at radius 2 is 1.73 bits per heavy atom. The van der Waals surface area contributed by atoms with Gasteiger partial charge in [-0.15, -0.1) is 0 Å². The summed E-state index contributed by atoms with van der Waals surface area (Å²) in [4.78, 5) is 28.7. The quantitative estimate of drug-likeness (QED) is 0.853. The number of rotatable bonds is 3. The van der Waals surface area contributed by atoms with E-state index < -0.39 is 0 Å². The lowest BCUT2D eigenvalue weighted by Crippen LogP contribution is -2.48. The Morgan fingerprint density at radius 3 is 2.50 bits per heavy atom. The van der Waals surface area contributed by atoms with E-state index in [1.54, 1.807) is 9.80 Å². The maximum Gasteiger partial charge on any atom is 0.254 e. The van der Waals surface area contributed by atoms with Gasteiger partial charge in [-0.2, -0.15) is 0 Å². The molecule has 26 heavy (non-hydrogen) atoms. The second kappa shape index (κ2) is 7.30. The average Bonchev–Trinajstić information content (AvgIpc) is 2.71. The highest BCUT2D eigenvalue weighted by atomic mass is 16.5. The molecule has 1 saturated heterocycles. The first-order valence-corrected chi connectivity index (χ1v) is 9.05. The number of ether oxygens (including phenoxy) is 1. The summed E-state index contributed by atoms with van der Waals surface area (Å²) in [5.41, 5.74) is 4.04. The zero-order chi connectivity index (χ0) is 17.9. The van der Waals surface area contributed by atoms with E-state index in [-0.39, 0.29) is 18.4 Å². The SMILES string of the molecule is O=C(CN1CCc2cc(-c3ccccc3)ccc2C1=O)N1CCOCC1. The molecule has 2 aliphatic heterocycles. The Labute approximate surface area is 153 Å². The van der Waals surface area contributed by atoms with Crippen molar-refractivity contribution in [2.75, 3.05) is 39.4 Å². The molecule has 0 N–H and O–H groups in total.